The molecule has 0 fully saturated rings. The molecule has 0 aliphatic rings. The van der Waals surface area contributed by atoms with E-state index in [1.54, 1.807) is 21.3 Å². The number of nitrogens with zero attached hydrogens (tertiary/aromatic N) is 1. The summed E-state index contributed by atoms with van der Waals surface area (Å²) in [6.07, 6.45) is 0. The monoisotopic (exact) mass is 577 g/mol. The highest BCUT2D eigenvalue weighted by atomic mass is 16.5. The zero-order chi connectivity index (χ0) is 30.2. The molecule has 0 saturated heterocycles. The van der Waals surface area contributed by atoms with Crippen LogP contribution in [0.1, 0.15) is 28.9 Å². The number of nitrogens with one attached hydrogen (secondary N) is 2. The van der Waals surface area contributed by atoms with Gasteiger partial charge in [-0.25, -0.2) is 4.98 Å². The second-order valence-electron chi connectivity index (χ2n) is 9.92. The highest BCUT2D eigenvalue weighted by Crippen LogP contribution is 2.30. The molecule has 220 valence electrons. The molecular formula is C35H35N3O5. The molecule has 8 nitrogen and oxygen atoms in total. The fraction of sp³-hybridized carbons (Fsp3) is 0.200. The average Bonchev–Trinajstić information content (AvgIpc) is 3.06. The lowest BCUT2D eigenvalue weighted by atomic mass is 10.0. The number of carbonyl (C=O) groups is 1. The Morgan fingerprint density at radius 3 is 2.35 bits per heavy atom. The van der Waals surface area contributed by atoms with E-state index in [1.165, 1.54) is 0 Å². The third kappa shape index (κ3) is 7.05. The molecule has 8 heteroatoms. The van der Waals surface area contributed by atoms with E-state index in [9.17, 15) is 4.79 Å². The SMILES string of the molecule is COc1cccc(-c2cc(C(=O)Nc3ccc(OCCNC(C)c4ccc(OC)c(OC)c4)cc3)c3ccccc3n2)c1. The van der Waals surface area contributed by atoms with Crippen LogP contribution in [-0.4, -0.2) is 45.4 Å². The maximum Gasteiger partial charge on any atom is 0.256 e. The normalized spacial score (nSPS) is 11.5. The van der Waals surface area contributed by atoms with Gasteiger partial charge < -0.3 is 29.6 Å². The molecular weight excluding hydrogens is 542 g/mol. The fourth-order valence-corrected chi connectivity index (χ4v) is 4.81. The maximum absolute atomic E-state index is 13.5. The molecule has 2 N–H and O–H groups in total. The van der Waals surface area contributed by atoms with Gasteiger partial charge in [-0.3, -0.25) is 4.79 Å². The van der Waals surface area contributed by atoms with E-state index in [1.807, 2.05) is 97.1 Å². The lowest BCUT2D eigenvalue weighted by Crippen LogP contribution is -2.24. The Balaban J connectivity index is 1.20. The van der Waals surface area contributed by atoms with Crippen molar-refractivity contribution in [1.82, 2.24) is 10.3 Å². The summed E-state index contributed by atoms with van der Waals surface area (Å²) < 4.78 is 22.0. The molecule has 1 atom stereocenters. The third-order valence-electron chi connectivity index (χ3n) is 7.17. The molecule has 0 aliphatic heterocycles. The number of ether oxygens (including phenoxy) is 4. The maximum atomic E-state index is 13.5. The fourth-order valence-electron chi connectivity index (χ4n) is 4.81. The van der Waals surface area contributed by atoms with Crippen LogP contribution in [0.5, 0.6) is 23.0 Å². The lowest BCUT2D eigenvalue weighted by molar-refractivity contribution is 0.102. The number of methoxy groups -OCH3 is 3. The minimum atomic E-state index is -0.218. The van der Waals surface area contributed by atoms with Gasteiger partial charge in [-0.15, -0.1) is 0 Å². The average molecular weight is 578 g/mol. The van der Waals surface area contributed by atoms with Gasteiger partial charge in [0.2, 0.25) is 0 Å². The number of carbonyl (C=O) groups excluding carboxylic acids is 1. The molecule has 0 spiro atoms. The van der Waals surface area contributed by atoms with Crippen LogP contribution in [0.3, 0.4) is 0 Å². The molecule has 1 heterocycles. The van der Waals surface area contributed by atoms with Crippen molar-refractivity contribution in [3.8, 4) is 34.3 Å². The summed E-state index contributed by atoms with van der Waals surface area (Å²) in [6.45, 7) is 3.22. The number of pyridine rings is 1. The minimum Gasteiger partial charge on any atom is -0.497 e. The molecule has 1 amide bonds. The van der Waals surface area contributed by atoms with E-state index in [-0.39, 0.29) is 11.9 Å². The first-order chi connectivity index (χ1) is 21.0. The molecule has 0 saturated carbocycles. The van der Waals surface area contributed by atoms with Crippen LogP contribution in [0, 0.1) is 0 Å². The third-order valence-corrected chi connectivity index (χ3v) is 7.17. The summed E-state index contributed by atoms with van der Waals surface area (Å²) in [5.74, 6) is 2.63. The van der Waals surface area contributed by atoms with Crippen LogP contribution >= 0.6 is 0 Å². The Bertz CT molecular complexity index is 1700. The van der Waals surface area contributed by atoms with Crippen molar-refractivity contribution in [3.05, 3.63) is 108 Å². The number of aromatic nitrogens is 1. The van der Waals surface area contributed by atoms with Crippen molar-refractivity contribution in [2.45, 2.75) is 13.0 Å². The number of fused-ring (bicyclic) bond motifs is 1. The van der Waals surface area contributed by atoms with Crippen molar-refractivity contribution in [1.29, 1.82) is 0 Å². The van der Waals surface area contributed by atoms with Gasteiger partial charge >= 0.3 is 0 Å². The number of benzene rings is 4. The zero-order valence-electron chi connectivity index (χ0n) is 24.7. The predicted molar refractivity (Wildman–Crippen MR) is 170 cm³/mol. The van der Waals surface area contributed by atoms with E-state index >= 15 is 0 Å². The summed E-state index contributed by atoms with van der Waals surface area (Å²) in [5, 5.41) is 7.26. The van der Waals surface area contributed by atoms with Gasteiger partial charge in [0.1, 0.15) is 18.1 Å². The van der Waals surface area contributed by atoms with Crippen molar-refractivity contribution in [2.75, 3.05) is 39.8 Å². The molecule has 0 bridgehead atoms. The number of amides is 1. The smallest absolute Gasteiger partial charge is 0.256 e. The lowest BCUT2D eigenvalue weighted by Gasteiger charge is -2.17. The van der Waals surface area contributed by atoms with E-state index in [4.69, 9.17) is 23.9 Å². The zero-order valence-corrected chi connectivity index (χ0v) is 24.7. The molecule has 5 rings (SSSR count). The van der Waals surface area contributed by atoms with Crippen LogP contribution in [0.4, 0.5) is 5.69 Å². The van der Waals surface area contributed by atoms with Crippen molar-refractivity contribution < 1.29 is 23.7 Å². The summed E-state index contributed by atoms with van der Waals surface area (Å²) in [4.78, 5) is 18.3. The first-order valence-electron chi connectivity index (χ1n) is 14.0. The molecule has 1 aromatic heterocycles. The molecule has 5 aromatic rings. The molecule has 0 aliphatic carbocycles. The van der Waals surface area contributed by atoms with E-state index in [0.717, 1.165) is 27.8 Å². The van der Waals surface area contributed by atoms with E-state index in [2.05, 4.69) is 17.6 Å². The Morgan fingerprint density at radius 2 is 1.58 bits per heavy atom. The van der Waals surface area contributed by atoms with Crippen LogP contribution in [0.25, 0.3) is 22.2 Å². The highest BCUT2D eigenvalue weighted by molar-refractivity contribution is 6.13. The number of hydrogen-bond acceptors (Lipinski definition) is 7. The van der Waals surface area contributed by atoms with E-state index < -0.39 is 0 Å². The van der Waals surface area contributed by atoms with Gasteiger partial charge in [0.05, 0.1) is 38.1 Å². The van der Waals surface area contributed by atoms with Crippen molar-refractivity contribution in [3.63, 3.8) is 0 Å². The topological polar surface area (TPSA) is 90.9 Å². The Kier molecular flexibility index (Phi) is 9.39. The molecule has 1 unspecified atom stereocenters. The number of anilines is 1. The Labute approximate surface area is 251 Å². The molecule has 0 radical (unpaired) electrons. The highest BCUT2D eigenvalue weighted by Gasteiger charge is 2.15. The van der Waals surface area contributed by atoms with Gasteiger partial charge in [-0.1, -0.05) is 36.4 Å². The van der Waals surface area contributed by atoms with Crippen molar-refractivity contribution >= 4 is 22.5 Å². The van der Waals surface area contributed by atoms with Crippen LogP contribution in [-0.2, 0) is 0 Å². The summed E-state index contributed by atoms with van der Waals surface area (Å²) in [6, 6.07) is 30.4. The first-order valence-corrected chi connectivity index (χ1v) is 14.0. The summed E-state index contributed by atoms with van der Waals surface area (Å²) in [7, 11) is 4.88. The summed E-state index contributed by atoms with van der Waals surface area (Å²) >= 11 is 0. The van der Waals surface area contributed by atoms with Crippen molar-refractivity contribution in [2.24, 2.45) is 0 Å². The largest absolute Gasteiger partial charge is 0.497 e. The van der Waals surface area contributed by atoms with Crippen LogP contribution < -0.4 is 29.6 Å². The van der Waals surface area contributed by atoms with Crippen LogP contribution in [0.15, 0.2) is 97.1 Å². The Morgan fingerprint density at radius 1 is 0.791 bits per heavy atom. The van der Waals surface area contributed by atoms with Gasteiger partial charge in [0, 0.05) is 29.2 Å². The summed E-state index contributed by atoms with van der Waals surface area (Å²) in [5.41, 5.74) is 4.61. The number of para-hydroxylation sites is 1. The second kappa shape index (κ2) is 13.7. The van der Waals surface area contributed by atoms with Gasteiger partial charge in [0.25, 0.3) is 5.91 Å². The second-order valence-corrected chi connectivity index (χ2v) is 9.92. The van der Waals surface area contributed by atoms with E-state index in [0.29, 0.717) is 47.3 Å². The first kappa shape index (κ1) is 29.4. The van der Waals surface area contributed by atoms with Gasteiger partial charge in [0.15, 0.2) is 11.5 Å². The molecule has 4 aromatic carbocycles. The number of rotatable bonds is 12. The standard InChI is InChI=1S/C35H35N3O5/c1-23(24-12-17-33(41-3)34(21-24)42-4)36-18-19-43-27-15-13-26(14-16-27)37-35(39)30-22-32(25-8-7-9-28(20-25)40-2)38-31-11-6-5-10-29(30)31/h5-17,20-23,36H,18-19H2,1-4H3,(H,37,39). The number of hydrogen-bond donors (Lipinski definition) is 2. The van der Waals surface area contributed by atoms with Crippen LogP contribution in [0.2, 0.25) is 0 Å². The quantitative estimate of drug-likeness (QED) is 0.156. The van der Waals surface area contributed by atoms with Gasteiger partial charge in [-0.05, 0) is 73.2 Å². The van der Waals surface area contributed by atoms with Gasteiger partial charge in [-0.2, -0.15) is 0 Å². The Hall–Kier alpha value is -5.08. The predicted octanol–water partition coefficient (Wildman–Crippen LogP) is 6.91. The molecule has 43 heavy (non-hydrogen) atoms. The minimum absolute atomic E-state index is 0.106.